The van der Waals surface area contributed by atoms with Gasteiger partial charge in [0.05, 0.1) is 27.3 Å². The topological polar surface area (TPSA) is 140 Å². The number of hydroxylamine groups is 1. The van der Waals surface area contributed by atoms with Crippen molar-refractivity contribution in [2.24, 2.45) is 5.73 Å². The summed E-state index contributed by atoms with van der Waals surface area (Å²) in [6.07, 6.45) is 6.23. The summed E-state index contributed by atoms with van der Waals surface area (Å²) in [6.45, 7) is 6.46. The molecule has 0 aliphatic rings. The number of benzene rings is 1. The molecule has 0 aliphatic heterocycles. The Labute approximate surface area is 208 Å². The molecule has 2 heterocycles. The fourth-order valence-corrected chi connectivity index (χ4v) is 4.70. The predicted molar refractivity (Wildman–Crippen MR) is 143 cm³/mol. The number of fused-ring (bicyclic) bond motifs is 1. The molecular formula is C25H32N6O3S. The summed E-state index contributed by atoms with van der Waals surface area (Å²) in [5.41, 5.74) is 15.7. The molecule has 35 heavy (non-hydrogen) atoms. The first kappa shape index (κ1) is 26.0. The summed E-state index contributed by atoms with van der Waals surface area (Å²) in [6, 6.07) is 6.99. The van der Waals surface area contributed by atoms with Gasteiger partial charge >= 0.3 is 0 Å². The van der Waals surface area contributed by atoms with E-state index in [1.165, 1.54) is 24.0 Å². The second-order valence-corrected chi connectivity index (χ2v) is 9.18. The molecule has 186 valence electrons. The maximum atomic E-state index is 13.1. The number of nitrogens with zero attached hydrogens (tertiary/aromatic N) is 3. The van der Waals surface area contributed by atoms with Gasteiger partial charge in [0.15, 0.2) is 0 Å². The monoisotopic (exact) mass is 496 g/mol. The number of primary amides is 1. The molecule has 0 unspecified atom stereocenters. The third-order valence-corrected chi connectivity index (χ3v) is 6.88. The van der Waals surface area contributed by atoms with Crippen molar-refractivity contribution in [1.29, 1.82) is 0 Å². The van der Waals surface area contributed by atoms with Crippen LogP contribution in [0.5, 0.6) is 0 Å². The van der Waals surface area contributed by atoms with Crippen molar-refractivity contribution < 1.29 is 14.8 Å². The molecule has 1 aromatic carbocycles. The van der Waals surface area contributed by atoms with Crippen LogP contribution in [-0.2, 0) is 11.3 Å². The van der Waals surface area contributed by atoms with Crippen LogP contribution in [0.15, 0.2) is 42.0 Å². The van der Waals surface area contributed by atoms with Crippen molar-refractivity contribution in [1.82, 2.24) is 9.55 Å². The molecular weight excluding hydrogens is 464 g/mol. The molecule has 0 atom stereocenters. The van der Waals surface area contributed by atoms with Crippen LogP contribution < -0.4 is 21.8 Å². The van der Waals surface area contributed by atoms with Crippen LogP contribution in [0.25, 0.3) is 16.6 Å². The van der Waals surface area contributed by atoms with Crippen LogP contribution in [0.2, 0.25) is 0 Å². The van der Waals surface area contributed by atoms with Crippen LogP contribution >= 0.6 is 11.3 Å². The number of carbonyl (C=O) groups is 2. The van der Waals surface area contributed by atoms with Gasteiger partial charge in [-0.3, -0.25) is 25.2 Å². The number of thiophene rings is 1. The summed E-state index contributed by atoms with van der Waals surface area (Å²) in [5.74, 6) is -0.522. The number of aryl methyl sites for hydroxylation is 1. The van der Waals surface area contributed by atoms with Crippen LogP contribution in [0.4, 0.5) is 17.3 Å². The number of hydrogen-bond donors (Lipinski definition) is 4. The van der Waals surface area contributed by atoms with E-state index in [2.05, 4.69) is 30.2 Å². The summed E-state index contributed by atoms with van der Waals surface area (Å²) in [5, 5.41) is 13.7. The Kier molecular flexibility index (Phi) is 8.31. The van der Waals surface area contributed by atoms with E-state index in [1.54, 1.807) is 22.8 Å². The van der Waals surface area contributed by atoms with Gasteiger partial charge in [-0.25, -0.2) is 4.98 Å². The van der Waals surface area contributed by atoms with E-state index in [0.29, 0.717) is 27.3 Å². The quantitative estimate of drug-likeness (QED) is 0.181. The van der Waals surface area contributed by atoms with Gasteiger partial charge in [0.1, 0.15) is 0 Å². The molecule has 0 saturated carbocycles. The standard InChI is InChI=1S/C25H32N6O3S/c1-5-15(6-2)12-16(7-3)21-8-9-22(35-21)24(33)29-25-28-18-13-17(26)19(30(4)34)14-20(18)31(25)11-10-23(27)32/h7-9,12-14,34H,5-6,10-11,26H2,1-4H3,(H2,27,32)(H,28,29,33)/b16-7+. The Bertz CT molecular complexity index is 1300. The van der Waals surface area contributed by atoms with Gasteiger partial charge < -0.3 is 16.0 Å². The number of rotatable bonds is 10. The molecule has 10 heteroatoms. The largest absolute Gasteiger partial charge is 0.397 e. The molecule has 0 saturated heterocycles. The van der Waals surface area contributed by atoms with Gasteiger partial charge in [0, 0.05) is 24.9 Å². The van der Waals surface area contributed by atoms with Crippen LogP contribution in [0.3, 0.4) is 0 Å². The Hall–Kier alpha value is -3.63. The minimum Gasteiger partial charge on any atom is -0.397 e. The normalized spacial score (nSPS) is 11.5. The number of allylic oxidation sites excluding steroid dienone is 4. The zero-order valence-electron chi connectivity index (χ0n) is 20.5. The van der Waals surface area contributed by atoms with Gasteiger partial charge in [-0.2, -0.15) is 0 Å². The molecule has 9 nitrogen and oxygen atoms in total. The molecule has 2 amide bonds. The maximum Gasteiger partial charge on any atom is 0.268 e. The lowest BCUT2D eigenvalue weighted by molar-refractivity contribution is -0.118. The number of anilines is 3. The summed E-state index contributed by atoms with van der Waals surface area (Å²) >= 11 is 1.40. The van der Waals surface area contributed by atoms with Gasteiger partial charge in [0.25, 0.3) is 5.91 Å². The number of nitrogens with one attached hydrogen (secondary N) is 1. The number of imidazole rings is 1. The lowest BCUT2D eigenvalue weighted by Gasteiger charge is -2.14. The lowest BCUT2D eigenvalue weighted by Crippen LogP contribution is -2.18. The first-order valence-corrected chi connectivity index (χ1v) is 12.3. The van der Waals surface area contributed by atoms with Gasteiger partial charge in [-0.1, -0.05) is 31.6 Å². The van der Waals surface area contributed by atoms with Crippen LogP contribution in [0, 0.1) is 0 Å². The van der Waals surface area contributed by atoms with E-state index in [4.69, 9.17) is 11.5 Å². The first-order chi connectivity index (χ1) is 16.7. The van der Waals surface area contributed by atoms with E-state index in [0.717, 1.165) is 28.4 Å². The first-order valence-electron chi connectivity index (χ1n) is 11.5. The number of hydrogen-bond acceptors (Lipinski definition) is 7. The second-order valence-electron chi connectivity index (χ2n) is 8.10. The fourth-order valence-electron chi connectivity index (χ4n) is 3.75. The smallest absolute Gasteiger partial charge is 0.268 e. The van der Waals surface area contributed by atoms with E-state index < -0.39 is 5.91 Å². The average molecular weight is 497 g/mol. The third-order valence-electron chi connectivity index (χ3n) is 5.75. The molecule has 6 N–H and O–H groups in total. The van der Waals surface area contributed by atoms with E-state index >= 15 is 0 Å². The second kappa shape index (κ2) is 11.2. The Morgan fingerprint density at radius 3 is 2.51 bits per heavy atom. The van der Waals surface area contributed by atoms with Crippen LogP contribution in [0.1, 0.15) is 54.6 Å². The highest BCUT2D eigenvalue weighted by molar-refractivity contribution is 7.15. The molecule has 0 fully saturated rings. The van der Waals surface area contributed by atoms with Crippen molar-refractivity contribution >= 4 is 57.1 Å². The van der Waals surface area contributed by atoms with Crippen molar-refractivity contribution in [2.45, 2.75) is 46.6 Å². The fraction of sp³-hybridized carbons (Fsp3) is 0.320. The maximum absolute atomic E-state index is 13.1. The molecule has 0 bridgehead atoms. The van der Waals surface area contributed by atoms with Gasteiger partial charge in [-0.15, -0.1) is 11.3 Å². The highest BCUT2D eigenvalue weighted by Crippen LogP contribution is 2.31. The minimum absolute atomic E-state index is 0.0559. The van der Waals surface area contributed by atoms with Crippen molar-refractivity contribution in [3.05, 3.63) is 51.7 Å². The molecule has 0 spiro atoms. The number of amides is 2. The van der Waals surface area contributed by atoms with Gasteiger partial charge in [-0.05, 0) is 49.6 Å². The lowest BCUT2D eigenvalue weighted by atomic mass is 10.1. The zero-order chi connectivity index (χ0) is 25.7. The van der Waals surface area contributed by atoms with Gasteiger partial charge in [0.2, 0.25) is 11.9 Å². The average Bonchev–Trinajstić information content (AvgIpc) is 3.42. The number of aromatic nitrogens is 2. The Morgan fingerprint density at radius 1 is 1.23 bits per heavy atom. The molecule has 0 radical (unpaired) electrons. The molecule has 3 aromatic rings. The molecule has 3 rings (SSSR count). The Balaban J connectivity index is 1.95. The third kappa shape index (κ3) is 5.90. The van der Waals surface area contributed by atoms with Crippen molar-refractivity contribution in [3.63, 3.8) is 0 Å². The zero-order valence-corrected chi connectivity index (χ0v) is 21.3. The highest BCUT2D eigenvalue weighted by Gasteiger charge is 2.19. The Morgan fingerprint density at radius 2 is 1.91 bits per heavy atom. The minimum atomic E-state index is -0.479. The van der Waals surface area contributed by atoms with Crippen molar-refractivity contribution in [2.75, 3.05) is 23.2 Å². The van der Waals surface area contributed by atoms with E-state index in [1.807, 2.05) is 19.1 Å². The number of nitrogen functional groups attached to an aromatic ring is 1. The highest BCUT2D eigenvalue weighted by atomic mass is 32.1. The SMILES string of the molecule is C/C=C(\C=C(CC)CC)c1ccc(C(=O)Nc2nc3cc(N)c(N(C)O)cc3n2CCC(N)=O)s1. The number of nitrogens with two attached hydrogens (primary N) is 2. The summed E-state index contributed by atoms with van der Waals surface area (Å²) in [4.78, 5) is 30.6. The summed E-state index contributed by atoms with van der Waals surface area (Å²) < 4.78 is 1.69. The predicted octanol–water partition coefficient (Wildman–Crippen LogP) is 4.78. The van der Waals surface area contributed by atoms with E-state index in [-0.39, 0.29) is 24.8 Å². The van der Waals surface area contributed by atoms with Crippen molar-refractivity contribution in [3.8, 4) is 0 Å². The molecule has 0 aliphatic carbocycles. The summed E-state index contributed by atoms with van der Waals surface area (Å²) in [7, 11) is 1.46. The van der Waals surface area contributed by atoms with Crippen LogP contribution in [-0.4, -0.2) is 33.6 Å². The number of carbonyl (C=O) groups excluding carboxylic acids is 2. The molecule has 2 aromatic heterocycles. The van der Waals surface area contributed by atoms with E-state index in [9.17, 15) is 14.8 Å².